The van der Waals surface area contributed by atoms with Gasteiger partial charge in [-0.05, 0) is 37.5 Å². The molecule has 0 atom stereocenters. The van der Waals surface area contributed by atoms with Gasteiger partial charge in [-0.15, -0.1) is 0 Å². The second-order valence-corrected chi connectivity index (χ2v) is 4.65. The van der Waals surface area contributed by atoms with E-state index in [1.165, 1.54) is 5.56 Å². The van der Waals surface area contributed by atoms with Crippen molar-refractivity contribution >= 4 is 11.6 Å². The molecule has 0 aliphatic heterocycles. The van der Waals surface area contributed by atoms with Gasteiger partial charge in [-0.25, -0.2) is 9.97 Å². The number of hydrogen-bond donors (Lipinski definition) is 2. The Morgan fingerprint density at radius 1 is 1.00 bits per heavy atom. The summed E-state index contributed by atoms with van der Waals surface area (Å²) in [6, 6.07) is 4.06. The summed E-state index contributed by atoms with van der Waals surface area (Å²) in [5.41, 5.74) is 2.33. The van der Waals surface area contributed by atoms with Gasteiger partial charge in [0.15, 0.2) is 0 Å². The molecule has 2 N–H and O–H groups in total. The number of rotatable bonds is 7. The third-order valence-corrected chi connectivity index (χ3v) is 3.08. The van der Waals surface area contributed by atoms with E-state index >= 15 is 0 Å². The van der Waals surface area contributed by atoms with Crippen molar-refractivity contribution in [3.63, 3.8) is 0 Å². The maximum atomic E-state index is 4.30. The molecule has 0 aliphatic rings. The Morgan fingerprint density at radius 3 is 2.30 bits per heavy atom. The fourth-order valence-corrected chi connectivity index (χ4v) is 1.92. The molecule has 106 valence electrons. The Labute approximate surface area is 119 Å². The molecule has 0 amide bonds. The maximum Gasteiger partial charge on any atom is 0.134 e. The summed E-state index contributed by atoms with van der Waals surface area (Å²) < 4.78 is 0. The first-order valence-electron chi connectivity index (χ1n) is 6.99. The number of aromatic nitrogens is 3. The van der Waals surface area contributed by atoms with Crippen LogP contribution in [0, 0.1) is 6.92 Å². The SMILES string of the molecule is CCCNc1ncnc(NCCc2ccncc2)c1C. The van der Waals surface area contributed by atoms with Crippen molar-refractivity contribution in [3.05, 3.63) is 42.0 Å². The van der Waals surface area contributed by atoms with Gasteiger partial charge < -0.3 is 10.6 Å². The Hall–Kier alpha value is -2.17. The summed E-state index contributed by atoms with van der Waals surface area (Å²) in [4.78, 5) is 12.6. The zero-order valence-corrected chi connectivity index (χ0v) is 12.1. The van der Waals surface area contributed by atoms with E-state index in [1.54, 1.807) is 6.33 Å². The highest BCUT2D eigenvalue weighted by molar-refractivity contribution is 5.56. The first-order valence-corrected chi connectivity index (χ1v) is 6.99. The van der Waals surface area contributed by atoms with Crippen LogP contribution in [0.25, 0.3) is 0 Å². The Kier molecular flexibility index (Phi) is 5.29. The van der Waals surface area contributed by atoms with Gasteiger partial charge in [0, 0.05) is 31.0 Å². The van der Waals surface area contributed by atoms with E-state index in [-0.39, 0.29) is 0 Å². The fourth-order valence-electron chi connectivity index (χ4n) is 1.92. The predicted molar refractivity (Wildman–Crippen MR) is 82.0 cm³/mol. The zero-order valence-electron chi connectivity index (χ0n) is 12.1. The van der Waals surface area contributed by atoms with E-state index in [4.69, 9.17) is 0 Å². The van der Waals surface area contributed by atoms with Crippen molar-refractivity contribution in [2.45, 2.75) is 26.7 Å². The van der Waals surface area contributed by atoms with E-state index in [0.717, 1.165) is 43.1 Å². The molecule has 0 bridgehead atoms. The van der Waals surface area contributed by atoms with Crippen LogP contribution < -0.4 is 10.6 Å². The van der Waals surface area contributed by atoms with E-state index in [1.807, 2.05) is 31.5 Å². The number of nitrogens with zero attached hydrogens (tertiary/aromatic N) is 3. The summed E-state index contributed by atoms with van der Waals surface area (Å²) in [7, 11) is 0. The van der Waals surface area contributed by atoms with Crippen LogP contribution >= 0.6 is 0 Å². The molecule has 0 radical (unpaired) electrons. The van der Waals surface area contributed by atoms with Gasteiger partial charge in [0.2, 0.25) is 0 Å². The lowest BCUT2D eigenvalue weighted by atomic mass is 10.2. The molecule has 0 aliphatic carbocycles. The quantitative estimate of drug-likeness (QED) is 0.810. The van der Waals surface area contributed by atoms with Crippen LogP contribution in [0.1, 0.15) is 24.5 Å². The van der Waals surface area contributed by atoms with E-state index in [0.29, 0.717) is 0 Å². The van der Waals surface area contributed by atoms with Gasteiger partial charge in [0.25, 0.3) is 0 Å². The molecule has 2 rings (SSSR count). The normalized spacial score (nSPS) is 10.3. The second-order valence-electron chi connectivity index (χ2n) is 4.65. The molecule has 2 heterocycles. The number of nitrogens with one attached hydrogen (secondary N) is 2. The molecule has 5 heteroatoms. The molecule has 2 aromatic heterocycles. The van der Waals surface area contributed by atoms with Crippen molar-refractivity contribution < 1.29 is 0 Å². The highest BCUT2D eigenvalue weighted by atomic mass is 15.1. The minimum absolute atomic E-state index is 0.842. The van der Waals surface area contributed by atoms with Crippen LogP contribution in [0.15, 0.2) is 30.9 Å². The summed E-state index contributed by atoms with van der Waals surface area (Å²) in [5.74, 6) is 1.81. The fraction of sp³-hybridized carbons (Fsp3) is 0.400. The molecule has 5 nitrogen and oxygen atoms in total. The van der Waals surface area contributed by atoms with Gasteiger partial charge in [-0.2, -0.15) is 0 Å². The number of anilines is 2. The van der Waals surface area contributed by atoms with Gasteiger partial charge in [0.1, 0.15) is 18.0 Å². The Bertz CT molecular complexity index is 527. The Balaban J connectivity index is 1.92. The molecular weight excluding hydrogens is 250 g/mol. The second kappa shape index (κ2) is 7.43. The van der Waals surface area contributed by atoms with Gasteiger partial charge in [0.05, 0.1) is 0 Å². The van der Waals surface area contributed by atoms with Crippen molar-refractivity contribution in [1.29, 1.82) is 0 Å². The molecule has 0 fully saturated rings. The average molecular weight is 271 g/mol. The highest BCUT2D eigenvalue weighted by Crippen LogP contribution is 2.17. The first-order chi connectivity index (χ1) is 9.81. The van der Waals surface area contributed by atoms with Crippen LogP contribution in [0.2, 0.25) is 0 Å². The van der Waals surface area contributed by atoms with Crippen LogP contribution in [-0.4, -0.2) is 28.0 Å². The minimum atomic E-state index is 0.842. The highest BCUT2D eigenvalue weighted by Gasteiger charge is 2.05. The van der Waals surface area contributed by atoms with Gasteiger partial charge >= 0.3 is 0 Å². The average Bonchev–Trinajstić information content (AvgIpc) is 2.49. The molecule has 0 saturated carbocycles. The van der Waals surface area contributed by atoms with Crippen molar-refractivity contribution in [2.75, 3.05) is 23.7 Å². The third-order valence-electron chi connectivity index (χ3n) is 3.08. The molecule has 20 heavy (non-hydrogen) atoms. The minimum Gasteiger partial charge on any atom is -0.370 e. The predicted octanol–water partition coefficient (Wildman–Crippen LogP) is 2.66. The van der Waals surface area contributed by atoms with Gasteiger partial charge in [-0.1, -0.05) is 6.92 Å². The molecule has 0 aromatic carbocycles. The summed E-state index contributed by atoms with van der Waals surface area (Å²) in [6.45, 7) is 5.94. The Morgan fingerprint density at radius 2 is 1.65 bits per heavy atom. The number of pyridine rings is 1. The number of hydrogen-bond acceptors (Lipinski definition) is 5. The summed E-state index contributed by atoms with van der Waals surface area (Å²) in [5, 5.41) is 6.68. The molecule has 2 aromatic rings. The topological polar surface area (TPSA) is 62.7 Å². The lowest BCUT2D eigenvalue weighted by Crippen LogP contribution is -2.11. The van der Waals surface area contributed by atoms with Crippen molar-refractivity contribution in [2.24, 2.45) is 0 Å². The molecule has 0 spiro atoms. The first kappa shape index (κ1) is 14.2. The monoisotopic (exact) mass is 271 g/mol. The molecule has 0 unspecified atom stereocenters. The molecular formula is C15H21N5. The largest absolute Gasteiger partial charge is 0.370 e. The van der Waals surface area contributed by atoms with E-state index in [2.05, 4.69) is 32.5 Å². The van der Waals surface area contributed by atoms with Crippen LogP contribution in [0.4, 0.5) is 11.6 Å². The standard InChI is InChI=1S/C15H21N5/c1-3-7-17-14-12(2)15(20-11-19-14)18-10-6-13-4-8-16-9-5-13/h4-5,8-9,11H,3,6-7,10H2,1-2H3,(H2,17,18,19,20). The van der Waals surface area contributed by atoms with E-state index < -0.39 is 0 Å². The lowest BCUT2D eigenvalue weighted by Gasteiger charge is -2.12. The molecule has 0 saturated heterocycles. The van der Waals surface area contributed by atoms with Crippen LogP contribution in [0.3, 0.4) is 0 Å². The lowest BCUT2D eigenvalue weighted by molar-refractivity contribution is 0.952. The van der Waals surface area contributed by atoms with Crippen molar-refractivity contribution in [1.82, 2.24) is 15.0 Å². The smallest absolute Gasteiger partial charge is 0.134 e. The van der Waals surface area contributed by atoms with Crippen LogP contribution in [0.5, 0.6) is 0 Å². The zero-order chi connectivity index (χ0) is 14.2. The summed E-state index contributed by atoms with van der Waals surface area (Å²) in [6.07, 6.45) is 7.26. The third kappa shape index (κ3) is 3.91. The van der Waals surface area contributed by atoms with Gasteiger partial charge in [-0.3, -0.25) is 4.98 Å². The summed E-state index contributed by atoms with van der Waals surface area (Å²) >= 11 is 0. The van der Waals surface area contributed by atoms with Crippen LogP contribution in [-0.2, 0) is 6.42 Å². The van der Waals surface area contributed by atoms with Crippen molar-refractivity contribution in [3.8, 4) is 0 Å². The van der Waals surface area contributed by atoms with E-state index in [9.17, 15) is 0 Å². The maximum absolute atomic E-state index is 4.30.